The van der Waals surface area contributed by atoms with E-state index in [0.29, 0.717) is 0 Å². The van der Waals surface area contributed by atoms with Crippen LogP contribution in [-0.4, -0.2) is 13.4 Å². The summed E-state index contributed by atoms with van der Waals surface area (Å²) in [5.74, 6) is -0.0188. The number of aromatic nitrogens is 1. The van der Waals surface area contributed by atoms with Crippen LogP contribution in [0.25, 0.3) is 11.3 Å². The molecular formula is C18H15FN2O2S2. The zero-order valence-corrected chi connectivity index (χ0v) is 14.7. The number of nitrogens with zero attached hydrogens (tertiary/aromatic N) is 1. The Hall–Kier alpha value is -2.09. The van der Waals surface area contributed by atoms with Gasteiger partial charge in [-0.2, -0.15) is 0 Å². The summed E-state index contributed by atoms with van der Waals surface area (Å²) in [7, 11) is -3.75. The van der Waals surface area contributed by atoms with E-state index in [1.54, 1.807) is 18.2 Å². The van der Waals surface area contributed by atoms with Gasteiger partial charge >= 0.3 is 0 Å². The monoisotopic (exact) mass is 374 g/mol. The van der Waals surface area contributed by atoms with Crippen LogP contribution >= 0.6 is 11.3 Å². The van der Waals surface area contributed by atoms with Gasteiger partial charge in [0.25, 0.3) is 0 Å². The summed E-state index contributed by atoms with van der Waals surface area (Å²) < 4.78 is 36.9. The number of sulfonamides is 1. The van der Waals surface area contributed by atoms with Crippen LogP contribution in [0.3, 0.4) is 0 Å². The summed E-state index contributed by atoms with van der Waals surface area (Å²) in [4.78, 5) is 4.81. The fourth-order valence-corrected chi connectivity index (χ4v) is 4.92. The van der Waals surface area contributed by atoms with Gasteiger partial charge in [0.15, 0.2) is 0 Å². The van der Waals surface area contributed by atoms with E-state index in [2.05, 4.69) is 4.98 Å². The first-order chi connectivity index (χ1) is 11.9. The van der Waals surface area contributed by atoms with E-state index in [0.717, 1.165) is 28.2 Å². The van der Waals surface area contributed by atoms with Gasteiger partial charge < -0.3 is 0 Å². The lowest BCUT2D eigenvalue weighted by Gasteiger charge is -2.06. The summed E-state index contributed by atoms with van der Waals surface area (Å²) in [6.45, 7) is 0. The molecule has 128 valence electrons. The summed E-state index contributed by atoms with van der Waals surface area (Å²) in [5.41, 5.74) is 2.23. The van der Waals surface area contributed by atoms with Crippen LogP contribution in [-0.2, 0) is 10.0 Å². The van der Waals surface area contributed by atoms with Crippen LogP contribution in [0.1, 0.15) is 28.8 Å². The van der Waals surface area contributed by atoms with Crippen LogP contribution in [0, 0.1) is 5.82 Å². The average Bonchev–Trinajstić information content (AvgIpc) is 3.22. The molecule has 0 saturated heterocycles. The third-order valence-electron chi connectivity index (χ3n) is 4.37. The standard InChI is InChI=1S/C18H15FN2O2S2/c19-12-5-3-4-11(8-12)16-10-24-18(21-16)15-9-14(15)13-6-1-2-7-17(13)25(20,22)23/h1-8,10,14-15H,9H2,(H2,20,22,23)/t14-,15+/m0/s1. The second-order valence-electron chi connectivity index (χ2n) is 6.11. The zero-order chi connectivity index (χ0) is 17.6. The molecule has 1 aromatic heterocycles. The SMILES string of the molecule is NS(=O)(=O)c1ccccc1[C@@H]1C[C@H]1c1nc(-c2cccc(F)c2)cs1. The molecule has 7 heteroatoms. The fraction of sp³-hybridized carbons (Fsp3) is 0.167. The topological polar surface area (TPSA) is 73.1 Å². The molecule has 2 N–H and O–H groups in total. The Kier molecular flexibility index (Phi) is 3.94. The van der Waals surface area contributed by atoms with Crippen LogP contribution in [0.4, 0.5) is 4.39 Å². The number of rotatable bonds is 4. The highest BCUT2D eigenvalue weighted by molar-refractivity contribution is 7.89. The van der Waals surface area contributed by atoms with Crippen molar-refractivity contribution in [2.75, 3.05) is 0 Å². The van der Waals surface area contributed by atoms with Crippen molar-refractivity contribution in [1.29, 1.82) is 0 Å². The molecule has 0 radical (unpaired) electrons. The third-order valence-corrected chi connectivity index (χ3v) is 6.34. The Labute approximate surface area is 149 Å². The van der Waals surface area contributed by atoms with Gasteiger partial charge in [-0.05, 0) is 36.1 Å². The Morgan fingerprint density at radius 1 is 1.12 bits per heavy atom. The molecule has 1 aliphatic rings. The summed E-state index contributed by atoms with van der Waals surface area (Å²) in [6.07, 6.45) is 0.836. The average molecular weight is 374 g/mol. The minimum Gasteiger partial charge on any atom is -0.241 e. The van der Waals surface area contributed by atoms with E-state index >= 15 is 0 Å². The van der Waals surface area contributed by atoms with E-state index in [1.807, 2.05) is 23.6 Å². The highest BCUT2D eigenvalue weighted by Gasteiger charge is 2.43. The Balaban J connectivity index is 1.61. The molecule has 3 aromatic rings. The Bertz CT molecular complexity index is 1050. The van der Waals surface area contributed by atoms with Gasteiger partial charge in [0, 0.05) is 16.9 Å². The van der Waals surface area contributed by atoms with E-state index in [1.165, 1.54) is 23.5 Å². The molecule has 25 heavy (non-hydrogen) atoms. The molecule has 4 nitrogen and oxygen atoms in total. The molecule has 4 rings (SSSR count). The molecule has 2 atom stereocenters. The normalized spacial score (nSPS) is 19.8. The second-order valence-corrected chi connectivity index (χ2v) is 8.53. The van der Waals surface area contributed by atoms with Crippen molar-refractivity contribution < 1.29 is 12.8 Å². The Morgan fingerprint density at radius 3 is 2.68 bits per heavy atom. The maximum atomic E-state index is 13.4. The van der Waals surface area contributed by atoms with Crippen molar-refractivity contribution in [2.45, 2.75) is 23.2 Å². The predicted octanol–water partition coefficient (Wildman–Crippen LogP) is 3.87. The van der Waals surface area contributed by atoms with Gasteiger partial charge in [-0.3, -0.25) is 0 Å². The Morgan fingerprint density at radius 2 is 1.92 bits per heavy atom. The van der Waals surface area contributed by atoms with E-state index in [-0.39, 0.29) is 22.5 Å². The molecule has 1 fully saturated rings. The smallest absolute Gasteiger partial charge is 0.238 e. The maximum Gasteiger partial charge on any atom is 0.238 e. The van der Waals surface area contributed by atoms with Crippen molar-refractivity contribution in [3.05, 3.63) is 70.3 Å². The molecular weight excluding hydrogens is 359 g/mol. The van der Waals surface area contributed by atoms with Crippen molar-refractivity contribution in [1.82, 2.24) is 4.98 Å². The zero-order valence-electron chi connectivity index (χ0n) is 13.1. The second kappa shape index (κ2) is 6.01. The third kappa shape index (κ3) is 3.22. The number of primary sulfonamides is 1. The van der Waals surface area contributed by atoms with E-state index < -0.39 is 10.0 Å². The summed E-state index contributed by atoms with van der Waals surface area (Å²) in [5, 5.41) is 8.17. The van der Waals surface area contributed by atoms with Crippen LogP contribution < -0.4 is 5.14 Å². The predicted molar refractivity (Wildman–Crippen MR) is 95.4 cm³/mol. The fourth-order valence-electron chi connectivity index (χ4n) is 3.10. The molecule has 0 amide bonds. The van der Waals surface area contributed by atoms with Gasteiger partial charge in [-0.1, -0.05) is 30.3 Å². The highest BCUT2D eigenvalue weighted by Crippen LogP contribution is 2.56. The lowest BCUT2D eigenvalue weighted by molar-refractivity contribution is 0.596. The van der Waals surface area contributed by atoms with Gasteiger partial charge in [-0.15, -0.1) is 11.3 Å². The van der Waals surface area contributed by atoms with E-state index in [4.69, 9.17) is 5.14 Å². The van der Waals surface area contributed by atoms with Crippen molar-refractivity contribution in [2.24, 2.45) is 5.14 Å². The first-order valence-electron chi connectivity index (χ1n) is 7.76. The minimum atomic E-state index is -3.75. The first kappa shape index (κ1) is 16.4. The number of hydrogen-bond donors (Lipinski definition) is 1. The number of nitrogens with two attached hydrogens (primary N) is 1. The molecule has 1 heterocycles. The lowest BCUT2D eigenvalue weighted by Crippen LogP contribution is -2.14. The van der Waals surface area contributed by atoms with Gasteiger partial charge in [0.05, 0.1) is 15.6 Å². The molecule has 0 spiro atoms. The van der Waals surface area contributed by atoms with E-state index in [9.17, 15) is 12.8 Å². The lowest BCUT2D eigenvalue weighted by atomic mass is 10.1. The van der Waals surface area contributed by atoms with Crippen LogP contribution in [0.15, 0.2) is 58.8 Å². The highest BCUT2D eigenvalue weighted by atomic mass is 32.2. The maximum absolute atomic E-state index is 13.4. The molecule has 1 aliphatic carbocycles. The quantitative estimate of drug-likeness (QED) is 0.753. The van der Waals surface area contributed by atoms with Crippen molar-refractivity contribution in [3.8, 4) is 11.3 Å². The van der Waals surface area contributed by atoms with Gasteiger partial charge in [0.1, 0.15) is 5.82 Å². The molecule has 0 bridgehead atoms. The summed E-state index contributed by atoms with van der Waals surface area (Å²) in [6, 6.07) is 13.2. The van der Waals surface area contributed by atoms with Crippen LogP contribution in [0.2, 0.25) is 0 Å². The number of hydrogen-bond acceptors (Lipinski definition) is 4. The van der Waals surface area contributed by atoms with Crippen molar-refractivity contribution >= 4 is 21.4 Å². The van der Waals surface area contributed by atoms with Gasteiger partial charge in [0.2, 0.25) is 10.0 Å². The van der Waals surface area contributed by atoms with Crippen LogP contribution in [0.5, 0.6) is 0 Å². The number of benzene rings is 2. The molecule has 1 saturated carbocycles. The molecule has 0 unspecified atom stereocenters. The number of halogens is 1. The number of thiazole rings is 1. The molecule has 0 aliphatic heterocycles. The molecule has 2 aromatic carbocycles. The summed E-state index contributed by atoms with van der Waals surface area (Å²) >= 11 is 1.52. The first-order valence-corrected chi connectivity index (χ1v) is 10.2. The minimum absolute atomic E-state index is 0.0982. The van der Waals surface area contributed by atoms with Gasteiger partial charge in [-0.25, -0.2) is 22.9 Å². The largest absolute Gasteiger partial charge is 0.241 e. The van der Waals surface area contributed by atoms with Crippen molar-refractivity contribution in [3.63, 3.8) is 0 Å².